The summed E-state index contributed by atoms with van der Waals surface area (Å²) in [5.41, 5.74) is 9.15. The van der Waals surface area contributed by atoms with E-state index in [2.05, 4.69) is 144 Å². The van der Waals surface area contributed by atoms with Gasteiger partial charge in [0.05, 0.1) is 0 Å². The molecule has 2 heteroatoms. The second-order valence-electron chi connectivity index (χ2n) is 9.82. The van der Waals surface area contributed by atoms with Crippen LogP contribution in [0.1, 0.15) is 22.3 Å². The predicted molar refractivity (Wildman–Crippen MR) is 172 cm³/mol. The first kappa shape index (κ1) is 25.9. The van der Waals surface area contributed by atoms with Crippen LogP contribution in [-0.4, -0.2) is 0 Å². The second kappa shape index (κ2) is 12.7. The molecule has 0 aliphatic carbocycles. The summed E-state index contributed by atoms with van der Waals surface area (Å²) in [6, 6.07) is 58.9. The fraction of sp³-hybridized carbons (Fsp3) is 0.0256. The molecule has 6 aromatic carbocycles. The number of hydrogen-bond donors (Lipinski definition) is 0. The van der Waals surface area contributed by atoms with Gasteiger partial charge in [0, 0.05) is 17.1 Å². The summed E-state index contributed by atoms with van der Waals surface area (Å²) >= 11 is 0. The Hall–Kier alpha value is -5.34. The summed E-state index contributed by atoms with van der Waals surface area (Å²) in [4.78, 5) is 2.27. The minimum atomic E-state index is 0.547. The molecule has 0 heterocycles. The first-order chi connectivity index (χ1) is 20.3. The van der Waals surface area contributed by atoms with E-state index >= 15 is 0 Å². The minimum Gasteiger partial charge on any atom is -0.489 e. The Labute approximate surface area is 242 Å². The van der Waals surface area contributed by atoms with Gasteiger partial charge in [0.2, 0.25) is 0 Å². The predicted octanol–water partition coefficient (Wildman–Crippen LogP) is 10.3. The molecule has 2 nitrogen and oxygen atoms in total. The van der Waals surface area contributed by atoms with Crippen molar-refractivity contribution in [1.82, 2.24) is 0 Å². The van der Waals surface area contributed by atoms with Crippen LogP contribution in [-0.2, 0) is 6.61 Å². The van der Waals surface area contributed by atoms with Crippen molar-refractivity contribution >= 4 is 28.7 Å². The van der Waals surface area contributed by atoms with Crippen LogP contribution in [0.2, 0.25) is 0 Å². The smallest absolute Gasteiger partial charge is 0.119 e. The SMILES string of the molecule is C(=C(c1ccccc1)c1ccccc1)c1ccc(N(c2ccccc2)c2ccc(OCc3ccccc3)cc2)cc1. The van der Waals surface area contributed by atoms with E-state index in [-0.39, 0.29) is 0 Å². The molecule has 6 rings (SSSR count). The number of rotatable bonds is 9. The number of nitrogens with zero attached hydrogens (tertiary/aromatic N) is 1. The summed E-state index contributed by atoms with van der Waals surface area (Å²) in [7, 11) is 0. The number of hydrogen-bond acceptors (Lipinski definition) is 2. The number of benzene rings is 6. The maximum atomic E-state index is 6.04. The van der Waals surface area contributed by atoms with Crippen molar-refractivity contribution in [3.63, 3.8) is 0 Å². The molecule has 0 saturated heterocycles. The zero-order valence-electron chi connectivity index (χ0n) is 22.8. The van der Waals surface area contributed by atoms with Crippen molar-refractivity contribution in [1.29, 1.82) is 0 Å². The third-order valence-corrected chi connectivity index (χ3v) is 6.99. The fourth-order valence-corrected chi connectivity index (χ4v) is 4.91. The van der Waals surface area contributed by atoms with Gasteiger partial charge in [0.15, 0.2) is 0 Å². The van der Waals surface area contributed by atoms with Crippen LogP contribution >= 0.6 is 0 Å². The highest BCUT2D eigenvalue weighted by Crippen LogP contribution is 2.36. The molecule has 0 spiro atoms. The molecule has 0 unspecified atom stereocenters. The molecular formula is C39H31NO. The molecule has 0 amide bonds. The van der Waals surface area contributed by atoms with Gasteiger partial charge in [-0.2, -0.15) is 0 Å². The normalized spacial score (nSPS) is 10.5. The van der Waals surface area contributed by atoms with Gasteiger partial charge in [0.1, 0.15) is 12.4 Å². The van der Waals surface area contributed by atoms with Crippen molar-refractivity contribution in [3.05, 3.63) is 192 Å². The summed E-state index contributed by atoms with van der Waals surface area (Å²) < 4.78 is 6.04. The highest BCUT2D eigenvalue weighted by Gasteiger charge is 2.13. The first-order valence-electron chi connectivity index (χ1n) is 13.9. The Morgan fingerprint density at radius 2 is 0.902 bits per heavy atom. The van der Waals surface area contributed by atoms with Gasteiger partial charge >= 0.3 is 0 Å². The van der Waals surface area contributed by atoms with Crippen molar-refractivity contribution in [2.45, 2.75) is 6.61 Å². The van der Waals surface area contributed by atoms with Crippen molar-refractivity contribution < 1.29 is 4.74 Å². The molecule has 198 valence electrons. The average Bonchev–Trinajstić information content (AvgIpc) is 3.06. The van der Waals surface area contributed by atoms with Crippen molar-refractivity contribution in [2.75, 3.05) is 4.90 Å². The van der Waals surface area contributed by atoms with E-state index < -0.39 is 0 Å². The molecule has 0 aliphatic rings. The van der Waals surface area contributed by atoms with Gasteiger partial charge in [-0.15, -0.1) is 0 Å². The van der Waals surface area contributed by atoms with E-state index in [0.29, 0.717) is 6.61 Å². The van der Waals surface area contributed by atoms with Crippen LogP contribution in [0.5, 0.6) is 5.75 Å². The summed E-state index contributed by atoms with van der Waals surface area (Å²) in [5.74, 6) is 0.848. The largest absolute Gasteiger partial charge is 0.489 e. The molecule has 0 saturated carbocycles. The Morgan fingerprint density at radius 3 is 1.44 bits per heavy atom. The number of ether oxygens (including phenoxy) is 1. The molecule has 0 atom stereocenters. The van der Waals surface area contributed by atoms with Crippen LogP contribution in [0, 0.1) is 0 Å². The van der Waals surface area contributed by atoms with E-state index in [1.54, 1.807) is 0 Å². The first-order valence-corrected chi connectivity index (χ1v) is 13.9. The molecule has 0 bridgehead atoms. The highest BCUT2D eigenvalue weighted by atomic mass is 16.5. The zero-order chi connectivity index (χ0) is 27.7. The maximum absolute atomic E-state index is 6.04. The molecule has 0 N–H and O–H groups in total. The average molecular weight is 530 g/mol. The minimum absolute atomic E-state index is 0.547. The Kier molecular flexibility index (Phi) is 8.01. The third-order valence-electron chi connectivity index (χ3n) is 6.99. The van der Waals surface area contributed by atoms with E-state index in [1.165, 1.54) is 16.7 Å². The lowest BCUT2D eigenvalue weighted by atomic mass is 9.95. The Morgan fingerprint density at radius 1 is 0.463 bits per heavy atom. The summed E-state index contributed by atoms with van der Waals surface area (Å²) in [5, 5.41) is 0. The van der Waals surface area contributed by atoms with Gasteiger partial charge in [0.25, 0.3) is 0 Å². The van der Waals surface area contributed by atoms with Crippen LogP contribution < -0.4 is 9.64 Å². The molecule has 0 fully saturated rings. The summed E-state index contributed by atoms with van der Waals surface area (Å²) in [6.45, 7) is 0.547. The third kappa shape index (κ3) is 6.46. The van der Waals surface area contributed by atoms with Crippen molar-refractivity contribution in [2.24, 2.45) is 0 Å². The lowest BCUT2D eigenvalue weighted by Crippen LogP contribution is -2.09. The van der Waals surface area contributed by atoms with E-state index in [9.17, 15) is 0 Å². The Bertz CT molecular complexity index is 1640. The van der Waals surface area contributed by atoms with Gasteiger partial charge in [-0.25, -0.2) is 0 Å². The zero-order valence-corrected chi connectivity index (χ0v) is 22.8. The standard InChI is InChI=1S/C39H31NO/c1-5-13-32(14-6-1)30-41-38-27-25-37(26-28-38)40(35-19-11-4-12-20-35)36-23-21-31(22-24-36)29-39(33-15-7-2-8-16-33)34-17-9-3-10-18-34/h1-29H,30H2. The molecule has 0 aromatic heterocycles. The summed E-state index contributed by atoms with van der Waals surface area (Å²) in [6.07, 6.45) is 2.26. The number of anilines is 3. The molecule has 0 radical (unpaired) electrons. The van der Waals surface area contributed by atoms with Crippen LogP contribution in [0.15, 0.2) is 170 Å². The maximum Gasteiger partial charge on any atom is 0.119 e. The molecule has 0 aliphatic heterocycles. The van der Waals surface area contributed by atoms with Gasteiger partial charge in [-0.05, 0) is 82.4 Å². The van der Waals surface area contributed by atoms with Crippen LogP contribution in [0.3, 0.4) is 0 Å². The quantitative estimate of drug-likeness (QED) is 0.173. The van der Waals surface area contributed by atoms with Crippen LogP contribution in [0.4, 0.5) is 17.1 Å². The van der Waals surface area contributed by atoms with Crippen molar-refractivity contribution in [3.8, 4) is 5.75 Å². The fourth-order valence-electron chi connectivity index (χ4n) is 4.91. The van der Waals surface area contributed by atoms with Gasteiger partial charge < -0.3 is 9.64 Å². The highest BCUT2D eigenvalue weighted by molar-refractivity contribution is 5.91. The van der Waals surface area contributed by atoms with E-state index in [4.69, 9.17) is 4.74 Å². The molecule has 41 heavy (non-hydrogen) atoms. The van der Waals surface area contributed by atoms with Gasteiger partial charge in [-0.1, -0.05) is 121 Å². The number of para-hydroxylation sites is 1. The lowest BCUT2D eigenvalue weighted by molar-refractivity contribution is 0.306. The van der Waals surface area contributed by atoms with Gasteiger partial charge in [-0.3, -0.25) is 0 Å². The molecular weight excluding hydrogens is 498 g/mol. The van der Waals surface area contributed by atoms with E-state index in [0.717, 1.165) is 33.9 Å². The molecule has 6 aromatic rings. The Balaban J connectivity index is 1.29. The second-order valence-corrected chi connectivity index (χ2v) is 9.82. The monoisotopic (exact) mass is 529 g/mol. The lowest BCUT2D eigenvalue weighted by Gasteiger charge is -2.25. The van der Waals surface area contributed by atoms with E-state index in [1.807, 2.05) is 36.4 Å². The topological polar surface area (TPSA) is 12.5 Å². The van der Waals surface area contributed by atoms with Crippen LogP contribution in [0.25, 0.3) is 11.6 Å².